The fraction of sp³-hybridized carbons (Fsp3) is 0.833. The molecule has 0 spiro atoms. The van der Waals surface area contributed by atoms with Gasteiger partial charge in [-0.05, 0) is 52.7 Å². The predicted molar refractivity (Wildman–Crippen MR) is 98.8 cm³/mol. The minimum Gasteiger partial charge on any atom is -0.415 e. The number of amides is 1. The Labute approximate surface area is 155 Å². The summed E-state index contributed by atoms with van der Waals surface area (Å²) >= 11 is 0. The maximum absolute atomic E-state index is 12.5. The summed E-state index contributed by atoms with van der Waals surface area (Å²) in [6.07, 6.45) is 2.57. The topological polar surface area (TPSA) is 77.7 Å². The van der Waals surface area contributed by atoms with Crippen LogP contribution in [-0.2, 0) is 6.54 Å². The number of likely N-dealkylation sites (tertiary alicyclic amines) is 1. The van der Waals surface area contributed by atoms with Crippen LogP contribution in [0.4, 0.5) is 0 Å². The summed E-state index contributed by atoms with van der Waals surface area (Å²) in [4.78, 5) is 19.4. The van der Waals surface area contributed by atoms with Gasteiger partial charge in [-0.3, -0.25) is 9.69 Å². The molecular weight excluding hydrogens is 332 g/mol. The summed E-state index contributed by atoms with van der Waals surface area (Å²) in [5.41, 5.74) is 0. The van der Waals surface area contributed by atoms with Gasteiger partial charge < -0.3 is 19.5 Å². The molecule has 1 aromatic rings. The lowest BCUT2D eigenvalue weighted by Crippen LogP contribution is -2.50. The van der Waals surface area contributed by atoms with Crippen molar-refractivity contribution in [1.29, 1.82) is 0 Å². The van der Waals surface area contributed by atoms with Gasteiger partial charge in [-0.2, -0.15) is 0 Å². The number of hydrogen-bond donors (Lipinski definition) is 1. The van der Waals surface area contributed by atoms with E-state index in [1.165, 1.54) is 25.9 Å². The Kier molecular flexibility index (Phi) is 6.61. The molecule has 26 heavy (non-hydrogen) atoms. The second-order valence-electron chi connectivity index (χ2n) is 7.70. The van der Waals surface area contributed by atoms with E-state index in [1.54, 1.807) is 7.05 Å². The van der Waals surface area contributed by atoms with E-state index in [2.05, 4.69) is 39.2 Å². The Bertz CT molecular complexity index is 574. The lowest BCUT2D eigenvalue weighted by atomic mass is 9.95. The molecule has 0 saturated carbocycles. The Morgan fingerprint density at radius 2 is 1.85 bits per heavy atom. The molecule has 0 unspecified atom stereocenters. The lowest BCUT2D eigenvalue weighted by Gasteiger charge is -2.39. The van der Waals surface area contributed by atoms with E-state index in [9.17, 15) is 4.79 Å². The van der Waals surface area contributed by atoms with Crippen molar-refractivity contribution >= 4 is 5.91 Å². The van der Waals surface area contributed by atoms with Gasteiger partial charge in [0.1, 0.15) is 0 Å². The highest BCUT2D eigenvalue weighted by Gasteiger charge is 2.28. The number of nitrogens with one attached hydrogen (secondary N) is 1. The van der Waals surface area contributed by atoms with E-state index in [0.717, 1.165) is 38.6 Å². The third-order valence-corrected chi connectivity index (χ3v) is 5.53. The van der Waals surface area contributed by atoms with Gasteiger partial charge in [0, 0.05) is 38.8 Å². The molecule has 2 aliphatic rings. The normalized spacial score (nSPS) is 20.8. The average Bonchev–Trinajstić information content (AvgIpc) is 3.11. The smallest absolute Gasteiger partial charge is 0.311 e. The fourth-order valence-corrected chi connectivity index (χ4v) is 3.85. The largest absolute Gasteiger partial charge is 0.415 e. The number of nitrogens with zero attached hydrogens (tertiary/aromatic N) is 5. The minimum absolute atomic E-state index is 0.102. The second kappa shape index (κ2) is 8.92. The predicted octanol–water partition coefficient (Wildman–Crippen LogP) is 0.667. The quantitative estimate of drug-likeness (QED) is 0.795. The third kappa shape index (κ3) is 4.81. The molecule has 3 heterocycles. The van der Waals surface area contributed by atoms with E-state index in [4.69, 9.17) is 4.42 Å². The van der Waals surface area contributed by atoms with Crippen LogP contribution < -0.4 is 5.32 Å². The highest BCUT2D eigenvalue weighted by atomic mass is 16.4. The maximum Gasteiger partial charge on any atom is 0.311 e. The molecule has 2 fully saturated rings. The number of piperidine rings is 1. The molecule has 146 valence electrons. The van der Waals surface area contributed by atoms with Gasteiger partial charge in [-0.15, -0.1) is 10.2 Å². The summed E-state index contributed by atoms with van der Waals surface area (Å²) < 4.78 is 5.42. The van der Waals surface area contributed by atoms with Crippen LogP contribution in [0.5, 0.6) is 0 Å². The van der Waals surface area contributed by atoms with Crippen molar-refractivity contribution in [2.24, 2.45) is 5.92 Å². The van der Waals surface area contributed by atoms with Crippen molar-refractivity contribution in [3.63, 3.8) is 0 Å². The van der Waals surface area contributed by atoms with Crippen molar-refractivity contribution in [1.82, 2.24) is 30.2 Å². The molecule has 0 aliphatic carbocycles. The molecule has 0 radical (unpaired) electrons. The van der Waals surface area contributed by atoms with Gasteiger partial charge in [0.15, 0.2) is 0 Å². The van der Waals surface area contributed by atoms with E-state index in [0.29, 0.717) is 18.5 Å². The molecule has 3 rings (SSSR count). The first-order chi connectivity index (χ1) is 12.6. The second-order valence-corrected chi connectivity index (χ2v) is 7.70. The minimum atomic E-state index is -0.148. The zero-order chi connectivity index (χ0) is 18.5. The highest BCUT2D eigenvalue weighted by molar-refractivity contribution is 5.89. The van der Waals surface area contributed by atoms with Crippen LogP contribution in [-0.4, -0.2) is 89.7 Å². The van der Waals surface area contributed by atoms with Crippen LogP contribution in [0.1, 0.15) is 43.3 Å². The van der Waals surface area contributed by atoms with Crippen LogP contribution in [0, 0.1) is 5.92 Å². The van der Waals surface area contributed by atoms with Gasteiger partial charge in [0.05, 0.1) is 6.54 Å². The number of hydrogen-bond acceptors (Lipinski definition) is 7. The number of piperazine rings is 1. The van der Waals surface area contributed by atoms with E-state index >= 15 is 0 Å². The van der Waals surface area contributed by atoms with Crippen molar-refractivity contribution in [2.45, 2.75) is 39.3 Å². The Morgan fingerprint density at radius 3 is 2.46 bits per heavy atom. The zero-order valence-corrected chi connectivity index (χ0v) is 16.3. The molecule has 8 heteroatoms. The van der Waals surface area contributed by atoms with Crippen LogP contribution in [0.3, 0.4) is 0 Å². The number of carbonyl (C=O) groups excluding carboxylic acids is 1. The van der Waals surface area contributed by atoms with Gasteiger partial charge in [-0.1, -0.05) is 0 Å². The average molecular weight is 364 g/mol. The SMILES string of the molecule is CNCc1nnc(C(=O)N2CCN(CC3CCN(C(C)C)CC3)CC2)o1. The highest BCUT2D eigenvalue weighted by Crippen LogP contribution is 2.20. The van der Waals surface area contributed by atoms with Gasteiger partial charge in [0.2, 0.25) is 5.89 Å². The first-order valence-electron chi connectivity index (χ1n) is 9.79. The van der Waals surface area contributed by atoms with Crippen molar-refractivity contribution < 1.29 is 9.21 Å². The third-order valence-electron chi connectivity index (χ3n) is 5.53. The summed E-state index contributed by atoms with van der Waals surface area (Å²) in [7, 11) is 1.80. The number of carbonyl (C=O) groups is 1. The van der Waals surface area contributed by atoms with E-state index in [-0.39, 0.29) is 11.8 Å². The van der Waals surface area contributed by atoms with Gasteiger partial charge >= 0.3 is 11.8 Å². The number of rotatable bonds is 6. The van der Waals surface area contributed by atoms with Crippen molar-refractivity contribution in [3.8, 4) is 0 Å². The monoisotopic (exact) mass is 364 g/mol. The molecular formula is C18H32N6O2. The van der Waals surface area contributed by atoms with Gasteiger partial charge in [-0.25, -0.2) is 0 Å². The molecule has 2 aliphatic heterocycles. The van der Waals surface area contributed by atoms with Crippen LogP contribution in [0.15, 0.2) is 4.42 Å². The zero-order valence-electron chi connectivity index (χ0n) is 16.3. The Balaban J connectivity index is 1.42. The Morgan fingerprint density at radius 1 is 1.15 bits per heavy atom. The van der Waals surface area contributed by atoms with E-state index < -0.39 is 0 Å². The molecule has 1 aromatic heterocycles. The summed E-state index contributed by atoms with van der Waals surface area (Å²) in [6, 6.07) is 0.656. The van der Waals surface area contributed by atoms with Crippen molar-refractivity contribution in [2.75, 3.05) is 52.9 Å². The van der Waals surface area contributed by atoms with Gasteiger partial charge in [0.25, 0.3) is 0 Å². The summed E-state index contributed by atoms with van der Waals surface area (Å²) in [6.45, 7) is 11.9. The van der Waals surface area contributed by atoms with Crippen LogP contribution in [0.2, 0.25) is 0 Å². The summed E-state index contributed by atoms with van der Waals surface area (Å²) in [5.74, 6) is 1.18. The molecule has 1 amide bonds. The van der Waals surface area contributed by atoms with Crippen LogP contribution in [0.25, 0.3) is 0 Å². The molecule has 0 aromatic carbocycles. The molecule has 1 N–H and O–H groups in total. The molecule has 2 saturated heterocycles. The fourth-order valence-electron chi connectivity index (χ4n) is 3.85. The number of aromatic nitrogens is 2. The maximum atomic E-state index is 12.5. The Hall–Kier alpha value is -1.51. The molecule has 0 atom stereocenters. The first kappa shape index (κ1) is 19.3. The van der Waals surface area contributed by atoms with E-state index in [1.807, 2.05) is 4.90 Å². The molecule has 8 nitrogen and oxygen atoms in total. The summed E-state index contributed by atoms with van der Waals surface area (Å²) in [5, 5.41) is 10.7. The standard InChI is InChI=1S/C18H32N6O2/c1-14(2)23-6-4-15(5-7-23)13-22-8-10-24(11-9-22)18(25)17-21-20-16(26-17)12-19-3/h14-15,19H,4-13H2,1-3H3. The van der Waals surface area contributed by atoms with Crippen LogP contribution >= 0.6 is 0 Å². The first-order valence-corrected chi connectivity index (χ1v) is 9.79. The lowest BCUT2D eigenvalue weighted by molar-refractivity contribution is 0.0542. The van der Waals surface area contributed by atoms with Crippen molar-refractivity contribution in [3.05, 3.63) is 11.8 Å². The molecule has 0 bridgehead atoms.